The highest BCUT2D eigenvalue weighted by atomic mass is 16.5. The van der Waals surface area contributed by atoms with E-state index in [0.29, 0.717) is 5.56 Å². The van der Waals surface area contributed by atoms with Gasteiger partial charge >= 0.3 is 0 Å². The normalized spacial score (nSPS) is 20.3. The zero-order valence-electron chi connectivity index (χ0n) is 14.7. The molecule has 132 valence electrons. The van der Waals surface area contributed by atoms with Crippen molar-refractivity contribution in [2.75, 3.05) is 0 Å². The van der Waals surface area contributed by atoms with Crippen molar-refractivity contribution >= 4 is 11.5 Å². The molecular formula is C23H18N2O2. The smallest absolute Gasteiger partial charge is 0.251 e. The van der Waals surface area contributed by atoms with Gasteiger partial charge in [-0.05, 0) is 11.6 Å². The van der Waals surface area contributed by atoms with Crippen molar-refractivity contribution in [1.82, 2.24) is 5.01 Å². The Balaban J connectivity index is 1.57. The van der Waals surface area contributed by atoms with E-state index in [9.17, 15) is 4.79 Å². The molecule has 0 bridgehead atoms. The van der Waals surface area contributed by atoms with Gasteiger partial charge in [-0.25, -0.2) is 5.01 Å². The zero-order valence-corrected chi connectivity index (χ0v) is 14.7. The van der Waals surface area contributed by atoms with Crippen LogP contribution >= 0.6 is 0 Å². The molecule has 0 saturated carbocycles. The van der Waals surface area contributed by atoms with E-state index in [2.05, 4.69) is 18.2 Å². The van der Waals surface area contributed by atoms with Gasteiger partial charge in [0, 0.05) is 17.5 Å². The molecule has 4 heteroatoms. The quantitative estimate of drug-likeness (QED) is 0.653. The Hall–Kier alpha value is -3.40. The average Bonchev–Trinajstić information content (AvgIpc) is 3.20. The number of carbonyl (C=O) groups excluding carboxylic acids is 1. The van der Waals surface area contributed by atoms with Gasteiger partial charge in [-0.1, -0.05) is 78.9 Å². The SMILES string of the molecule is O=C(c1ccccc1)[C@H]1Oc2ccccc2[C@H]2CC(c3ccccc3)=NN12. The van der Waals surface area contributed by atoms with Crippen molar-refractivity contribution in [1.29, 1.82) is 0 Å². The van der Waals surface area contributed by atoms with Crippen LogP contribution < -0.4 is 4.74 Å². The van der Waals surface area contributed by atoms with Crippen LogP contribution in [-0.4, -0.2) is 22.7 Å². The first-order chi connectivity index (χ1) is 13.3. The van der Waals surface area contributed by atoms with E-state index in [0.717, 1.165) is 29.0 Å². The summed E-state index contributed by atoms with van der Waals surface area (Å²) in [6.07, 6.45) is -0.00307. The fourth-order valence-corrected chi connectivity index (χ4v) is 3.76. The van der Waals surface area contributed by atoms with Crippen molar-refractivity contribution in [3.8, 4) is 5.75 Å². The summed E-state index contributed by atoms with van der Waals surface area (Å²) in [4.78, 5) is 13.2. The second-order valence-corrected chi connectivity index (χ2v) is 6.75. The first kappa shape index (κ1) is 15.8. The van der Waals surface area contributed by atoms with Crippen molar-refractivity contribution in [3.63, 3.8) is 0 Å². The Bertz CT molecular complexity index is 1010. The molecule has 0 fully saturated rings. The monoisotopic (exact) mass is 354 g/mol. The molecule has 2 aliphatic rings. The van der Waals surface area contributed by atoms with Crippen LogP contribution in [0, 0.1) is 0 Å². The third-order valence-electron chi connectivity index (χ3n) is 5.09. The third-order valence-corrected chi connectivity index (χ3v) is 5.09. The summed E-state index contributed by atoms with van der Waals surface area (Å²) in [6, 6.07) is 27.3. The molecule has 0 N–H and O–H groups in total. The van der Waals surface area contributed by atoms with Gasteiger partial charge in [-0.3, -0.25) is 4.79 Å². The minimum atomic E-state index is -0.756. The van der Waals surface area contributed by atoms with E-state index in [4.69, 9.17) is 9.84 Å². The highest BCUT2D eigenvalue weighted by molar-refractivity contribution is 6.03. The predicted molar refractivity (Wildman–Crippen MR) is 104 cm³/mol. The van der Waals surface area contributed by atoms with E-state index < -0.39 is 6.23 Å². The van der Waals surface area contributed by atoms with Crippen LogP contribution in [0.5, 0.6) is 5.75 Å². The minimum Gasteiger partial charge on any atom is -0.461 e. The maximum atomic E-state index is 13.2. The van der Waals surface area contributed by atoms with Crippen LogP contribution in [0.15, 0.2) is 90.0 Å². The number of carbonyl (C=O) groups is 1. The lowest BCUT2D eigenvalue weighted by Gasteiger charge is -2.37. The van der Waals surface area contributed by atoms with Crippen LogP contribution in [0.4, 0.5) is 0 Å². The van der Waals surface area contributed by atoms with Gasteiger partial charge in [0.25, 0.3) is 6.23 Å². The summed E-state index contributed by atoms with van der Waals surface area (Å²) in [5, 5.41) is 6.64. The molecule has 4 nitrogen and oxygen atoms in total. The van der Waals surface area contributed by atoms with E-state index in [1.54, 1.807) is 0 Å². The minimum absolute atomic E-state index is 0.00261. The fourth-order valence-electron chi connectivity index (χ4n) is 3.76. The lowest BCUT2D eigenvalue weighted by Crippen LogP contribution is -2.45. The van der Waals surface area contributed by atoms with E-state index in [-0.39, 0.29) is 11.8 Å². The molecule has 0 aliphatic carbocycles. The summed E-state index contributed by atoms with van der Waals surface area (Å²) in [7, 11) is 0. The zero-order chi connectivity index (χ0) is 18.2. The maximum Gasteiger partial charge on any atom is 0.251 e. The lowest BCUT2D eigenvalue weighted by molar-refractivity contribution is -0.00455. The van der Waals surface area contributed by atoms with Gasteiger partial charge in [0.05, 0.1) is 11.8 Å². The van der Waals surface area contributed by atoms with Crippen molar-refractivity contribution in [2.45, 2.75) is 18.7 Å². The molecule has 0 radical (unpaired) electrons. The Morgan fingerprint density at radius 1 is 0.889 bits per heavy atom. The molecule has 2 atom stereocenters. The number of hydrogen-bond acceptors (Lipinski definition) is 4. The highest BCUT2D eigenvalue weighted by Gasteiger charge is 2.43. The Labute approximate surface area is 157 Å². The van der Waals surface area contributed by atoms with Gasteiger partial charge in [0.2, 0.25) is 5.78 Å². The van der Waals surface area contributed by atoms with Crippen molar-refractivity contribution in [3.05, 3.63) is 102 Å². The summed E-state index contributed by atoms with van der Waals surface area (Å²) in [5.74, 6) is 0.686. The van der Waals surface area contributed by atoms with E-state index in [1.807, 2.05) is 71.7 Å². The number of ether oxygens (including phenoxy) is 1. The number of hydrogen-bond donors (Lipinski definition) is 0. The molecule has 3 aromatic rings. The Morgan fingerprint density at radius 3 is 2.33 bits per heavy atom. The van der Waals surface area contributed by atoms with Gasteiger partial charge < -0.3 is 4.74 Å². The maximum absolute atomic E-state index is 13.2. The molecule has 2 heterocycles. The second-order valence-electron chi connectivity index (χ2n) is 6.75. The lowest BCUT2D eigenvalue weighted by atomic mass is 9.96. The van der Waals surface area contributed by atoms with Gasteiger partial charge in [-0.15, -0.1) is 0 Å². The molecule has 0 aromatic heterocycles. The molecule has 0 spiro atoms. The molecule has 5 rings (SSSR count). The predicted octanol–water partition coefficient (Wildman–Crippen LogP) is 4.44. The van der Waals surface area contributed by atoms with Crippen LogP contribution in [0.25, 0.3) is 0 Å². The van der Waals surface area contributed by atoms with Gasteiger partial charge in [0.15, 0.2) is 0 Å². The number of nitrogens with zero attached hydrogens (tertiary/aromatic N) is 2. The number of hydrazone groups is 1. The van der Waals surface area contributed by atoms with Crippen LogP contribution in [0.3, 0.4) is 0 Å². The molecule has 0 unspecified atom stereocenters. The number of para-hydroxylation sites is 1. The number of ketones is 1. The Morgan fingerprint density at radius 2 is 1.56 bits per heavy atom. The van der Waals surface area contributed by atoms with E-state index >= 15 is 0 Å². The summed E-state index contributed by atoms with van der Waals surface area (Å²) in [6.45, 7) is 0. The number of rotatable bonds is 3. The largest absolute Gasteiger partial charge is 0.461 e. The molecule has 3 aromatic carbocycles. The van der Waals surface area contributed by atoms with Crippen molar-refractivity contribution < 1.29 is 9.53 Å². The third kappa shape index (κ3) is 2.70. The summed E-state index contributed by atoms with van der Waals surface area (Å²) in [5.41, 5.74) is 3.76. The van der Waals surface area contributed by atoms with Crippen molar-refractivity contribution in [2.24, 2.45) is 5.10 Å². The molecule has 27 heavy (non-hydrogen) atoms. The van der Waals surface area contributed by atoms with E-state index in [1.165, 1.54) is 0 Å². The highest BCUT2D eigenvalue weighted by Crippen LogP contribution is 2.43. The van der Waals surface area contributed by atoms with Gasteiger partial charge in [0.1, 0.15) is 5.75 Å². The number of benzene rings is 3. The first-order valence-electron chi connectivity index (χ1n) is 9.07. The number of Topliss-reactive ketones (excluding diaryl/α,β-unsaturated/α-hetero) is 1. The average molecular weight is 354 g/mol. The number of fused-ring (bicyclic) bond motifs is 3. The standard InChI is InChI=1S/C23H18N2O2/c26-22(17-11-5-2-6-12-17)23-25-20(18-13-7-8-14-21(18)27-23)15-19(24-25)16-9-3-1-4-10-16/h1-14,20,23H,15H2/t20-,23-/m1/s1. The molecular weight excluding hydrogens is 336 g/mol. The summed E-state index contributed by atoms with van der Waals surface area (Å²) < 4.78 is 6.12. The van der Waals surface area contributed by atoms with Crippen LogP contribution in [0.1, 0.15) is 33.9 Å². The van der Waals surface area contributed by atoms with Crippen LogP contribution in [-0.2, 0) is 0 Å². The molecule has 2 aliphatic heterocycles. The van der Waals surface area contributed by atoms with Gasteiger partial charge in [-0.2, -0.15) is 5.10 Å². The topological polar surface area (TPSA) is 41.9 Å². The first-order valence-corrected chi connectivity index (χ1v) is 9.07. The summed E-state index contributed by atoms with van der Waals surface area (Å²) >= 11 is 0. The fraction of sp³-hybridized carbons (Fsp3) is 0.130. The molecule has 0 amide bonds. The Kier molecular flexibility index (Phi) is 3.75. The van der Waals surface area contributed by atoms with Crippen LogP contribution in [0.2, 0.25) is 0 Å². The second kappa shape index (κ2) is 6.40. The molecule has 0 saturated heterocycles.